The van der Waals surface area contributed by atoms with Crippen molar-refractivity contribution < 1.29 is 42.8 Å². The van der Waals surface area contributed by atoms with Crippen LogP contribution in [0.25, 0.3) is 22.3 Å². The van der Waals surface area contributed by atoms with Crippen LogP contribution >= 0.6 is 18.7 Å². The number of anilines is 1. The van der Waals surface area contributed by atoms with E-state index < -0.39 is 54.7 Å². The number of alkyl carbamates (subject to hydrolysis) is 1. The van der Waals surface area contributed by atoms with E-state index >= 15 is 0 Å². The minimum Gasteiger partial charge on any atom is -0.497 e. The number of aromatic nitrogens is 2. The van der Waals surface area contributed by atoms with Crippen molar-refractivity contribution in [3.05, 3.63) is 71.6 Å². The molecular formula is C47H59N6O9PS. The third-order valence-corrected chi connectivity index (χ3v) is 16.1. The maximum absolute atomic E-state index is 14.9. The number of para-hydroxylation sites is 1. The molecule has 0 spiro atoms. The van der Waals surface area contributed by atoms with Gasteiger partial charge in [0.15, 0.2) is 5.13 Å². The summed E-state index contributed by atoms with van der Waals surface area (Å²) in [5.74, 6) is 0.161. The van der Waals surface area contributed by atoms with Gasteiger partial charge in [0.25, 0.3) is 0 Å². The number of benzene rings is 2. The molecule has 2 aliphatic carbocycles. The highest BCUT2D eigenvalue weighted by Crippen LogP contribution is 2.71. The van der Waals surface area contributed by atoms with Crippen molar-refractivity contribution in [1.29, 1.82) is 0 Å². The van der Waals surface area contributed by atoms with Gasteiger partial charge < -0.3 is 44.7 Å². The number of thiazole rings is 1. The lowest BCUT2D eigenvalue weighted by Crippen LogP contribution is -2.55. The fourth-order valence-electron chi connectivity index (χ4n) is 9.27. The van der Waals surface area contributed by atoms with Crippen LogP contribution in [0.3, 0.4) is 0 Å². The van der Waals surface area contributed by atoms with Crippen LogP contribution in [0.1, 0.15) is 90.0 Å². The van der Waals surface area contributed by atoms with E-state index in [1.54, 1.807) is 31.4 Å². The van der Waals surface area contributed by atoms with Crippen molar-refractivity contribution in [1.82, 2.24) is 25.5 Å². The van der Waals surface area contributed by atoms with Crippen LogP contribution in [0.15, 0.2) is 66.1 Å². The van der Waals surface area contributed by atoms with Crippen molar-refractivity contribution in [2.45, 2.75) is 126 Å². The molecule has 3 amide bonds. The highest BCUT2D eigenvalue weighted by atomic mass is 32.1. The van der Waals surface area contributed by atoms with Gasteiger partial charge in [0.05, 0.1) is 38.1 Å². The average molecular weight is 915 g/mol. The Morgan fingerprint density at radius 2 is 1.78 bits per heavy atom. The van der Waals surface area contributed by atoms with Crippen LogP contribution in [-0.2, 0) is 25.1 Å². The number of nitrogens with zero attached hydrogens (tertiary/aromatic N) is 3. The summed E-state index contributed by atoms with van der Waals surface area (Å²) in [6.07, 6.45) is 9.36. The van der Waals surface area contributed by atoms with Gasteiger partial charge in [0, 0.05) is 46.8 Å². The lowest BCUT2D eigenvalue weighted by Gasteiger charge is -2.31. The number of allylic oxidation sites excluding steroid dienone is 1. The molecule has 0 radical (unpaired) electrons. The predicted octanol–water partition coefficient (Wildman–Crippen LogP) is 8.40. The average Bonchev–Trinajstić information content (AvgIpc) is 3.69. The summed E-state index contributed by atoms with van der Waals surface area (Å²) in [5, 5.41) is 11.2. The van der Waals surface area contributed by atoms with Gasteiger partial charge in [-0.1, -0.05) is 43.2 Å². The molecule has 2 aromatic carbocycles. The van der Waals surface area contributed by atoms with Crippen LogP contribution in [0.2, 0.25) is 0 Å². The Morgan fingerprint density at radius 3 is 2.56 bits per heavy atom. The van der Waals surface area contributed by atoms with Gasteiger partial charge in [0.2, 0.25) is 19.2 Å². The van der Waals surface area contributed by atoms with Crippen LogP contribution in [0.5, 0.6) is 17.2 Å². The first kappa shape index (κ1) is 45.4. The molecule has 2 saturated carbocycles. The zero-order valence-electron chi connectivity index (χ0n) is 36.9. The Labute approximate surface area is 378 Å². The lowest BCUT2D eigenvalue weighted by molar-refractivity contribution is -0.140. The summed E-state index contributed by atoms with van der Waals surface area (Å²) >= 11 is 1.47. The maximum atomic E-state index is 14.9. The smallest absolute Gasteiger partial charge is 0.408 e. The van der Waals surface area contributed by atoms with E-state index in [-0.39, 0.29) is 37.7 Å². The summed E-state index contributed by atoms with van der Waals surface area (Å²) in [7, 11) is -1.08. The normalized spacial score (nSPS) is 25.6. The molecule has 342 valence electrons. The Morgan fingerprint density at radius 1 is 0.984 bits per heavy atom. The zero-order chi connectivity index (χ0) is 45.0. The topological polar surface area (TPSA) is 191 Å². The second kappa shape index (κ2) is 19.5. The molecule has 15 nitrogen and oxygen atoms in total. The number of carbonyl (C=O) groups excluding carboxylic acids is 3. The van der Waals surface area contributed by atoms with Crippen molar-refractivity contribution >= 4 is 52.6 Å². The molecule has 4 heterocycles. The van der Waals surface area contributed by atoms with Crippen molar-refractivity contribution in [3.63, 3.8) is 0 Å². The molecule has 2 aliphatic heterocycles. The van der Waals surface area contributed by atoms with Crippen LogP contribution < -0.4 is 30.2 Å². The molecule has 64 heavy (non-hydrogen) atoms. The first-order valence-electron chi connectivity index (χ1n) is 22.4. The van der Waals surface area contributed by atoms with Gasteiger partial charge in [-0.05, 0) is 83.4 Å². The quantitative estimate of drug-likeness (QED) is 0.0786. The molecule has 4 N–H and O–H groups in total. The third-order valence-electron chi connectivity index (χ3n) is 12.7. The second-order valence-electron chi connectivity index (χ2n) is 17.7. The second-order valence-corrected chi connectivity index (χ2v) is 21.1. The first-order valence-corrected chi connectivity index (χ1v) is 25.2. The third kappa shape index (κ3) is 10.0. The van der Waals surface area contributed by atoms with Crippen molar-refractivity contribution in [2.24, 2.45) is 5.92 Å². The van der Waals surface area contributed by atoms with Crippen LogP contribution in [0, 0.1) is 5.92 Å². The molecule has 4 aromatic rings. The highest BCUT2D eigenvalue weighted by molar-refractivity contribution is 7.59. The number of fused-ring (bicyclic) bond motifs is 3. The SMILES string of the molecule is COc1ccc2c(O[C@@H]3C[C@H]4C(=O)N[C@]5(P(=O)(O)Cc6ccccc6OC)C[C@H]5/C=C\CCCCC[C@H](NC(=O)OC5CCCC5)C(=O)N4C3)cc(-c3csc(NC(C)C)n3)nc2c1. The van der Waals surface area contributed by atoms with Gasteiger partial charge in [-0.15, -0.1) is 11.3 Å². The Hall–Kier alpha value is -5.18. The summed E-state index contributed by atoms with van der Waals surface area (Å²) in [6, 6.07) is 12.5. The minimum atomic E-state index is -4.18. The molecule has 0 bridgehead atoms. The first-order chi connectivity index (χ1) is 30.9. The van der Waals surface area contributed by atoms with E-state index in [1.165, 1.54) is 23.3 Å². The number of hydrogen-bond acceptors (Lipinski definition) is 12. The molecule has 1 unspecified atom stereocenters. The summed E-state index contributed by atoms with van der Waals surface area (Å²) < 4.78 is 38.4. The van der Waals surface area contributed by atoms with Crippen molar-refractivity contribution in [3.8, 4) is 28.6 Å². The van der Waals surface area contributed by atoms with E-state index in [4.69, 9.17) is 28.9 Å². The fraction of sp³-hybridized carbons (Fsp3) is 0.511. The van der Waals surface area contributed by atoms with E-state index in [2.05, 4.69) is 16.0 Å². The van der Waals surface area contributed by atoms with E-state index in [0.717, 1.165) is 50.1 Å². The standard InChI is InChI=1S/C47H59N6O9PS/c1-29(2)48-45-50-39(28-64-45)38-24-42(35-21-20-33(59-3)22-37(35)49-38)61-34-23-40-43(54)52-47(63(57,58)27-30-14-10-13-19-41(30)60-4)25-31(47)15-8-6-5-7-9-18-36(44(55)53(40)26-34)51-46(56)62-32-16-11-12-17-32/h8,10,13-15,19-22,24,28-29,31-32,34,36,40H,5-7,9,11-12,16-18,23,25-27H2,1-4H3,(H,48,50)(H,51,56)(H,52,54)(H,57,58)/b15-8-/t31-,34-,36+,40+,47+/m1/s1. The number of ether oxygens (including phenoxy) is 4. The van der Waals surface area contributed by atoms with Gasteiger partial charge in [0.1, 0.15) is 52.5 Å². The predicted molar refractivity (Wildman–Crippen MR) is 246 cm³/mol. The lowest BCUT2D eigenvalue weighted by atomic mass is 10.0. The zero-order valence-corrected chi connectivity index (χ0v) is 38.6. The molecule has 6 atom stereocenters. The number of nitrogens with one attached hydrogen (secondary N) is 3. The summed E-state index contributed by atoms with van der Waals surface area (Å²) in [5.41, 5.74) is 2.38. The Balaban J connectivity index is 1.13. The van der Waals surface area contributed by atoms with E-state index in [1.807, 2.05) is 55.6 Å². The van der Waals surface area contributed by atoms with E-state index in [0.29, 0.717) is 57.9 Å². The van der Waals surface area contributed by atoms with Crippen molar-refractivity contribution in [2.75, 3.05) is 26.1 Å². The number of pyridine rings is 1. The maximum Gasteiger partial charge on any atom is 0.408 e. The molecular weight excluding hydrogens is 856 g/mol. The molecule has 17 heteroatoms. The summed E-state index contributed by atoms with van der Waals surface area (Å²) in [4.78, 5) is 66.4. The molecule has 2 aromatic heterocycles. The molecule has 8 rings (SSSR count). The molecule has 3 fully saturated rings. The van der Waals surface area contributed by atoms with Crippen LogP contribution in [-0.4, -0.2) is 94.0 Å². The Kier molecular flexibility index (Phi) is 13.8. The van der Waals surface area contributed by atoms with Gasteiger partial charge in [-0.25, -0.2) is 14.8 Å². The largest absolute Gasteiger partial charge is 0.497 e. The number of amides is 3. The number of rotatable bonds is 12. The van der Waals surface area contributed by atoms with Gasteiger partial charge in [-0.2, -0.15) is 0 Å². The summed E-state index contributed by atoms with van der Waals surface area (Å²) in [6.45, 7) is 4.09. The number of hydrogen-bond donors (Lipinski definition) is 4. The van der Waals surface area contributed by atoms with Gasteiger partial charge in [-0.3, -0.25) is 14.2 Å². The highest BCUT2D eigenvalue weighted by Gasteiger charge is 2.66. The number of methoxy groups -OCH3 is 2. The Bertz CT molecular complexity index is 2420. The fourth-order valence-corrected chi connectivity index (χ4v) is 12.5. The molecule has 1 saturated heterocycles. The molecule has 4 aliphatic rings. The monoisotopic (exact) mass is 914 g/mol. The number of carbonyl (C=O) groups is 3. The minimum absolute atomic E-state index is 0.00949. The van der Waals surface area contributed by atoms with Crippen LogP contribution in [0.4, 0.5) is 9.93 Å². The van der Waals surface area contributed by atoms with Gasteiger partial charge >= 0.3 is 6.09 Å². The van der Waals surface area contributed by atoms with E-state index in [9.17, 15) is 23.8 Å².